The van der Waals surface area contributed by atoms with Crippen LogP contribution in [-0.2, 0) is 6.54 Å². The van der Waals surface area contributed by atoms with Gasteiger partial charge in [-0.3, -0.25) is 4.79 Å². The summed E-state index contributed by atoms with van der Waals surface area (Å²) in [5.74, 6) is -0.883. The molecule has 0 aliphatic carbocycles. The minimum atomic E-state index is -0.362. The van der Waals surface area contributed by atoms with Crippen LogP contribution in [0.15, 0.2) is 91.1 Å². The van der Waals surface area contributed by atoms with E-state index in [-0.39, 0.29) is 24.1 Å². The number of aromatic nitrogens is 3. The highest BCUT2D eigenvalue weighted by molar-refractivity contribution is 7.20. The number of amides is 1. The topological polar surface area (TPSA) is 67.8 Å². The molecule has 0 radical (unpaired) electrons. The van der Waals surface area contributed by atoms with E-state index in [2.05, 4.69) is 10.3 Å². The Morgan fingerprint density at radius 3 is 2.14 bits per heavy atom. The molecule has 0 aliphatic rings. The van der Waals surface area contributed by atoms with E-state index >= 15 is 0 Å². The quantitative estimate of drug-likeness (QED) is 0.279. The second-order valence-corrected chi connectivity index (χ2v) is 9.54. The van der Waals surface area contributed by atoms with Crippen LogP contribution in [0.2, 0.25) is 0 Å². The average Bonchev–Trinajstić information content (AvgIpc) is 3.36. The first-order chi connectivity index (χ1) is 18.0. The number of nitrogens with one attached hydrogen (secondary N) is 1. The molecule has 6 rings (SSSR count). The number of rotatable bonds is 5. The molecule has 180 valence electrons. The summed E-state index contributed by atoms with van der Waals surface area (Å²) in [4.78, 5) is 27.3. The molecule has 3 aromatic heterocycles. The first kappa shape index (κ1) is 22.9. The summed E-state index contributed by atoms with van der Waals surface area (Å²) in [6, 6.07) is 23.5. The molecule has 1 amide bonds. The lowest BCUT2D eigenvalue weighted by Crippen LogP contribution is -2.21. The molecular weight excluding hydrogens is 490 g/mol. The number of carbonyl (C=O) groups excluding carboxylic acids is 1. The zero-order valence-electron chi connectivity index (χ0n) is 19.3. The molecule has 0 atom stereocenters. The third-order valence-electron chi connectivity index (χ3n) is 5.92. The van der Waals surface area contributed by atoms with Gasteiger partial charge in [0.15, 0.2) is 5.65 Å². The van der Waals surface area contributed by atoms with Gasteiger partial charge in [0.25, 0.3) is 5.91 Å². The molecule has 3 aromatic carbocycles. The normalized spacial score (nSPS) is 11.2. The Morgan fingerprint density at radius 1 is 0.811 bits per heavy atom. The van der Waals surface area contributed by atoms with Gasteiger partial charge in [0.2, 0.25) is 0 Å². The first-order valence-corrected chi connectivity index (χ1v) is 12.3. The maximum Gasteiger partial charge on any atom is 0.261 e. The molecule has 6 aromatic rings. The van der Waals surface area contributed by atoms with Gasteiger partial charge in [-0.05, 0) is 77.7 Å². The zero-order chi connectivity index (χ0) is 25.4. The molecule has 1 N–H and O–H groups in total. The number of halogens is 2. The fourth-order valence-corrected chi connectivity index (χ4v) is 5.05. The third kappa shape index (κ3) is 4.66. The Hall–Kier alpha value is -4.56. The Balaban J connectivity index is 1.33. The Morgan fingerprint density at radius 2 is 1.46 bits per heavy atom. The Bertz CT molecular complexity index is 1730. The number of carbonyl (C=O) groups is 1. The van der Waals surface area contributed by atoms with Crippen LogP contribution in [0.5, 0.6) is 0 Å². The van der Waals surface area contributed by atoms with Crippen molar-refractivity contribution in [2.24, 2.45) is 0 Å². The summed E-state index contributed by atoms with van der Waals surface area (Å²) in [6.07, 6.45) is 1.65. The molecule has 0 fully saturated rings. The smallest absolute Gasteiger partial charge is 0.261 e. The largest absolute Gasteiger partial charge is 0.347 e. The van der Waals surface area contributed by atoms with E-state index in [9.17, 15) is 13.6 Å². The molecule has 0 spiro atoms. The molecule has 0 aliphatic heterocycles. The minimum Gasteiger partial charge on any atom is -0.347 e. The summed E-state index contributed by atoms with van der Waals surface area (Å²) < 4.78 is 28.2. The molecule has 8 heteroatoms. The highest BCUT2D eigenvalue weighted by Gasteiger charge is 2.15. The van der Waals surface area contributed by atoms with Crippen molar-refractivity contribution < 1.29 is 13.6 Å². The SMILES string of the molecule is O=C(NCc1cnc2nc(-c3ccc(F)cc3)c(-c3ccc(F)cc3)nc2c1)c1cc2ccccc2s1. The third-order valence-corrected chi connectivity index (χ3v) is 7.03. The van der Waals surface area contributed by atoms with E-state index < -0.39 is 0 Å². The van der Waals surface area contributed by atoms with Crippen molar-refractivity contribution in [3.63, 3.8) is 0 Å². The molecule has 5 nitrogen and oxygen atoms in total. The van der Waals surface area contributed by atoms with E-state index in [1.54, 1.807) is 30.5 Å². The highest BCUT2D eigenvalue weighted by Crippen LogP contribution is 2.31. The van der Waals surface area contributed by atoms with Crippen LogP contribution in [0.1, 0.15) is 15.2 Å². The van der Waals surface area contributed by atoms with Crippen LogP contribution in [0.25, 0.3) is 43.8 Å². The molecule has 0 saturated carbocycles. The van der Waals surface area contributed by atoms with Gasteiger partial charge >= 0.3 is 0 Å². The van der Waals surface area contributed by atoms with Crippen molar-refractivity contribution >= 4 is 38.5 Å². The lowest BCUT2D eigenvalue weighted by Gasteiger charge is -2.11. The number of fused-ring (bicyclic) bond motifs is 2. The Labute approximate surface area is 214 Å². The summed E-state index contributed by atoms with van der Waals surface area (Å²) >= 11 is 1.44. The van der Waals surface area contributed by atoms with Crippen molar-refractivity contribution in [1.29, 1.82) is 0 Å². The highest BCUT2D eigenvalue weighted by atomic mass is 32.1. The fraction of sp³-hybridized carbons (Fsp3) is 0.0345. The summed E-state index contributed by atoms with van der Waals surface area (Å²) in [6.45, 7) is 0.267. The van der Waals surface area contributed by atoms with Crippen molar-refractivity contribution in [2.75, 3.05) is 0 Å². The number of hydrogen-bond donors (Lipinski definition) is 1. The molecule has 0 saturated heterocycles. The van der Waals surface area contributed by atoms with Crippen molar-refractivity contribution in [1.82, 2.24) is 20.3 Å². The van der Waals surface area contributed by atoms with Gasteiger partial charge in [-0.1, -0.05) is 18.2 Å². The second-order valence-electron chi connectivity index (χ2n) is 8.45. The van der Waals surface area contributed by atoms with E-state index in [0.29, 0.717) is 38.6 Å². The monoisotopic (exact) mass is 508 g/mol. The van der Waals surface area contributed by atoms with Gasteiger partial charge in [0.1, 0.15) is 17.2 Å². The molecule has 0 unspecified atom stereocenters. The van der Waals surface area contributed by atoms with Crippen molar-refractivity contribution in [3.05, 3.63) is 113 Å². The molecule has 3 heterocycles. The van der Waals surface area contributed by atoms with Gasteiger partial charge in [-0.2, -0.15) is 0 Å². The van der Waals surface area contributed by atoms with E-state index in [1.807, 2.05) is 36.4 Å². The second kappa shape index (κ2) is 9.48. The lowest BCUT2D eigenvalue weighted by atomic mass is 10.0. The fourth-order valence-electron chi connectivity index (χ4n) is 4.07. The van der Waals surface area contributed by atoms with Gasteiger partial charge in [0, 0.05) is 28.6 Å². The van der Waals surface area contributed by atoms with Gasteiger partial charge in [0.05, 0.1) is 16.3 Å². The van der Waals surface area contributed by atoms with Crippen molar-refractivity contribution in [2.45, 2.75) is 6.54 Å². The lowest BCUT2D eigenvalue weighted by molar-refractivity contribution is 0.0955. The van der Waals surface area contributed by atoms with E-state index in [1.165, 1.54) is 35.6 Å². The summed E-state index contributed by atoms with van der Waals surface area (Å²) in [7, 11) is 0. The predicted octanol–water partition coefficient (Wildman–Crippen LogP) is 6.78. The standard InChI is InChI=1S/C29H18F2N4OS/c30-21-9-5-18(6-10-21)26-27(19-7-11-22(31)12-8-19)35-28-23(34-26)13-17(15-32-28)16-33-29(36)25-14-20-3-1-2-4-24(20)37-25/h1-15H,16H2,(H,33,36). The van der Waals surface area contributed by atoms with Crippen LogP contribution < -0.4 is 5.32 Å². The van der Waals surface area contributed by atoms with Crippen LogP contribution >= 0.6 is 11.3 Å². The van der Waals surface area contributed by atoms with Crippen LogP contribution in [-0.4, -0.2) is 20.9 Å². The minimum absolute atomic E-state index is 0.161. The molecular formula is C29H18F2N4OS. The number of benzene rings is 3. The number of pyridine rings is 1. The van der Waals surface area contributed by atoms with Crippen molar-refractivity contribution in [3.8, 4) is 22.5 Å². The van der Waals surface area contributed by atoms with Crippen LogP contribution in [0, 0.1) is 11.6 Å². The average molecular weight is 509 g/mol. The Kier molecular flexibility index (Phi) is 5.86. The van der Waals surface area contributed by atoms with E-state index in [0.717, 1.165) is 15.6 Å². The zero-order valence-corrected chi connectivity index (χ0v) is 20.1. The number of nitrogens with zero attached hydrogens (tertiary/aromatic N) is 3. The van der Waals surface area contributed by atoms with Crippen LogP contribution in [0.4, 0.5) is 8.78 Å². The maximum absolute atomic E-state index is 13.6. The molecule has 0 bridgehead atoms. The van der Waals surface area contributed by atoms with Gasteiger partial charge in [-0.15, -0.1) is 11.3 Å². The summed E-state index contributed by atoms with van der Waals surface area (Å²) in [5.41, 5.74) is 4.06. The van der Waals surface area contributed by atoms with Gasteiger partial charge < -0.3 is 5.32 Å². The first-order valence-electron chi connectivity index (χ1n) is 11.5. The summed E-state index contributed by atoms with van der Waals surface area (Å²) in [5, 5.41) is 3.98. The number of hydrogen-bond acceptors (Lipinski definition) is 5. The number of thiophene rings is 1. The van der Waals surface area contributed by atoms with Gasteiger partial charge in [-0.25, -0.2) is 23.7 Å². The van der Waals surface area contributed by atoms with Crippen LogP contribution in [0.3, 0.4) is 0 Å². The maximum atomic E-state index is 13.6. The predicted molar refractivity (Wildman–Crippen MR) is 141 cm³/mol. The molecule has 37 heavy (non-hydrogen) atoms. The van der Waals surface area contributed by atoms with E-state index in [4.69, 9.17) is 9.97 Å².